The molecule has 2 N–H and O–H groups in total. The molecule has 112 valence electrons. The van der Waals surface area contributed by atoms with Crippen molar-refractivity contribution in [3.63, 3.8) is 0 Å². The molecule has 1 heterocycles. The zero-order valence-corrected chi connectivity index (χ0v) is 12.7. The predicted molar refractivity (Wildman–Crippen MR) is 78.7 cm³/mol. The van der Waals surface area contributed by atoms with Crippen LogP contribution >= 0.6 is 12.4 Å². The van der Waals surface area contributed by atoms with Crippen molar-refractivity contribution in [3.05, 3.63) is 11.7 Å². The Morgan fingerprint density at radius 1 is 1.10 bits per heavy atom. The zero-order valence-electron chi connectivity index (χ0n) is 11.9. The largest absolute Gasteiger partial charge is 0.339 e. The highest BCUT2D eigenvalue weighted by molar-refractivity contribution is 5.85. The molecule has 0 spiro atoms. The lowest BCUT2D eigenvalue weighted by molar-refractivity contribution is 0.228. The Balaban J connectivity index is 0.00000121. The number of halogens is 1. The first-order valence-corrected chi connectivity index (χ1v) is 7.89. The number of aromatic nitrogens is 2. The fourth-order valence-electron chi connectivity index (χ4n) is 3.95. The molecule has 2 atom stereocenters. The van der Waals surface area contributed by atoms with Gasteiger partial charge in [-0.3, -0.25) is 0 Å². The Labute approximate surface area is 126 Å². The molecule has 0 aliphatic heterocycles. The van der Waals surface area contributed by atoms with E-state index in [2.05, 4.69) is 10.1 Å². The maximum absolute atomic E-state index is 6.25. The Hall–Kier alpha value is -0.610. The molecule has 1 aromatic heterocycles. The average molecular weight is 298 g/mol. The van der Waals surface area contributed by atoms with Crippen LogP contribution in [0.1, 0.15) is 75.4 Å². The SMILES string of the molecule is Cl.NC1(c2noc(C3CC3C3CCCCC3)n2)CCC1. The summed E-state index contributed by atoms with van der Waals surface area (Å²) in [6.45, 7) is 0. The predicted octanol–water partition coefficient (Wildman–Crippen LogP) is 3.51. The van der Waals surface area contributed by atoms with Gasteiger partial charge in [0.05, 0.1) is 5.54 Å². The summed E-state index contributed by atoms with van der Waals surface area (Å²) in [5, 5.41) is 4.14. The third-order valence-electron chi connectivity index (χ3n) is 5.55. The van der Waals surface area contributed by atoms with Crippen molar-refractivity contribution in [2.24, 2.45) is 17.6 Å². The van der Waals surface area contributed by atoms with Gasteiger partial charge in [0, 0.05) is 5.92 Å². The van der Waals surface area contributed by atoms with Gasteiger partial charge in [-0.25, -0.2) is 0 Å². The van der Waals surface area contributed by atoms with E-state index in [9.17, 15) is 0 Å². The number of hydrogen-bond acceptors (Lipinski definition) is 4. The number of nitrogens with two attached hydrogens (primary N) is 1. The summed E-state index contributed by atoms with van der Waals surface area (Å²) in [7, 11) is 0. The van der Waals surface area contributed by atoms with Crippen LogP contribution in [0.3, 0.4) is 0 Å². The van der Waals surface area contributed by atoms with Gasteiger partial charge in [-0.15, -0.1) is 12.4 Å². The van der Waals surface area contributed by atoms with Gasteiger partial charge >= 0.3 is 0 Å². The lowest BCUT2D eigenvalue weighted by Gasteiger charge is -2.34. The molecule has 0 saturated heterocycles. The van der Waals surface area contributed by atoms with E-state index >= 15 is 0 Å². The summed E-state index contributed by atoms with van der Waals surface area (Å²) in [5.41, 5.74) is 5.97. The molecule has 0 amide bonds. The van der Waals surface area contributed by atoms with Gasteiger partial charge < -0.3 is 10.3 Å². The van der Waals surface area contributed by atoms with Gasteiger partial charge in [0.15, 0.2) is 5.82 Å². The molecule has 4 rings (SSSR count). The van der Waals surface area contributed by atoms with E-state index in [1.165, 1.54) is 44.9 Å². The van der Waals surface area contributed by atoms with Crippen LogP contribution < -0.4 is 5.73 Å². The number of nitrogens with zero attached hydrogens (tertiary/aromatic N) is 2. The van der Waals surface area contributed by atoms with Crippen LogP contribution in [0.15, 0.2) is 4.52 Å². The molecule has 5 heteroatoms. The Kier molecular flexibility index (Phi) is 3.80. The summed E-state index contributed by atoms with van der Waals surface area (Å²) in [6, 6.07) is 0. The molecule has 0 aromatic carbocycles. The van der Waals surface area contributed by atoms with E-state index in [4.69, 9.17) is 10.3 Å². The van der Waals surface area contributed by atoms with Crippen LogP contribution in [0.25, 0.3) is 0 Å². The number of hydrogen-bond donors (Lipinski definition) is 1. The molecule has 20 heavy (non-hydrogen) atoms. The molecule has 3 fully saturated rings. The third-order valence-corrected chi connectivity index (χ3v) is 5.55. The van der Waals surface area contributed by atoms with Gasteiger partial charge in [-0.05, 0) is 37.5 Å². The van der Waals surface area contributed by atoms with Crippen LogP contribution in [0, 0.1) is 11.8 Å². The minimum atomic E-state index is -0.281. The standard InChI is InChI=1S/C15H23N3O.ClH/c16-15(7-4-8-15)14-17-13(19-18-14)12-9-11(12)10-5-2-1-3-6-10;/h10-12H,1-9,16H2;1H. The van der Waals surface area contributed by atoms with E-state index in [0.717, 1.165) is 36.4 Å². The van der Waals surface area contributed by atoms with Crippen molar-refractivity contribution in [2.75, 3.05) is 0 Å². The van der Waals surface area contributed by atoms with E-state index in [1.807, 2.05) is 0 Å². The number of rotatable bonds is 3. The lowest BCUT2D eigenvalue weighted by Crippen LogP contribution is -2.44. The van der Waals surface area contributed by atoms with Crippen LogP contribution in [-0.4, -0.2) is 10.1 Å². The Morgan fingerprint density at radius 2 is 1.85 bits per heavy atom. The molecule has 2 unspecified atom stereocenters. The van der Waals surface area contributed by atoms with Gasteiger partial charge in [0.2, 0.25) is 5.89 Å². The van der Waals surface area contributed by atoms with Crippen LogP contribution in [0.2, 0.25) is 0 Å². The topological polar surface area (TPSA) is 64.9 Å². The second-order valence-electron chi connectivity index (χ2n) is 6.87. The third kappa shape index (κ3) is 2.37. The van der Waals surface area contributed by atoms with E-state index < -0.39 is 0 Å². The fourth-order valence-corrected chi connectivity index (χ4v) is 3.95. The summed E-state index contributed by atoms with van der Waals surface area (Å²) in [4.78, 5) is 4.61. The van der Waals surface area contributed by atoms with E-state index in [1.54, 1.807) is 0 Å². The summed E-state index contributed by atoms with van der Waals surface area (Å²) >= 11 is 0. The fraction of sp³-hybridized carbons (Fsp3) is 0.867. The van der Waals surface area contributed by atoms with Crippen molar-refractivity contribution in [2.45, 2.75) is 69.2 Å². The summed E-state index contributed by atoms with van der Waals surface area (Å²) in [5.74, 6) is 3.87. The lowest BCUT2D eigenvalue weighted by atomic mass is 9.77. The molecule has 0 bridgehead atoms. The maximum atomic E-state index is 6.25. The minimum absolute atomic E-state index is 0. The first-order valence-electron chi connectivity index (χ1n) is 7.89. The average Bonchev–Trinajstić information content (AvgIpc) is 3.06. The van der Waals surface area contributed by atoms with Crippen molar-refractivity contribution in [1.29, 1.82) is 0 Å². The smallest absolute Gasteiger partial charge is 0.230 e. The summed E-state index contributed by atoms with van der Waals surface area (Å²) < 4.78 is 5.49. The molecule has 3 aliphatic rings. The first kappa shape index (κ1) is 14.3. The van der Waals surface area contributed by atoms with Gasteiger partial charge in [0.1, 0.15) is 0 Å². The monoisotopic (exact) mass is 297 g/mol. The molecular weight excluding hydrogens is 274 g/mol. The van der Waals surface area contributed by atoms with E-state index in [-0.39, 0.29) is 17.9 Å². The van der Waals surface area contributed by atoms with Gasteiger partial charge in [-0.2, -0.15) is 4.98 Å². The first-order chi connectivity index (χ1) is 9.26. The summed E-state index contributed by atoms with van der Waals surface area (Å²) in [6.07, 6.45) is 11.5. The highest BCUT2D eigenvalue weighted by Crippen LogP contribution is 2.55. The molecule has 3 aliphatic carbocycles. The van der Waals surface area contributed by atoms with E-state index in [0.29, 0.717) is 5.92 Å². The molecule has 1 aromatic rings. The van der Waals surface area contributed by atoms with Crippen LogP contribution in [0.4, 0.5) is 0 Å². The molecule has 3 saturated carbocycles. The van der Waals surface area contributed by atoms with Crippen molar-refractivity contribution in [1.82, 2.24) is 10.1 Å². The zero-order chi connectivity index (χ0) is 12.9. The van der Waals surface area contributed by atoms with Crippen molar-refractivity contribution >= 4 is 12.4 Å². The second kappa shape index (κ2) is 5.30. The second-order valence-corrected chi connectivity index (χ2v) is 6.87. The highest BCUT2D eigenvalue weighted by atomic mass is 35.5. The Morgan fingerprint density at radius 3 is 2.50 bits per heavy atom. The quantitative estimate of drug-likeness (QED) is 0.927. The molecule has 0 radical (unpaired) electrons. The van der Waals surface area contributed by atoms with Crippen molar-refractivity contribution in [3.8, 4) is 0 Å². The van der Waals surface area contributed by atoms with Gasteiger partial charge in [0.25, 0.3) is 0 Å². The Bertz CT molecular complexity index is 465. The normalized spacial score (nSPS) is 32.2. The molecule has 4 nitrogen and oxygen atoms in total. The van der Waals surface area contributed by atoms with Gasteiger partial charge in [-0.1, -0.05) is 37.3 Å². The van der Waals surface area contributed by atoms with Crippen molar-refractivity contribution < 1.29 is 4.52 Å². The molecular formula is C15H24ClN3O. The maximum Gasteiger partial charge on any atom is 0.230 e. The van der Waals surface area contributed by atoms with Crippen LogP contribution in [-0.2, 0) is 5.54 Å². The minimum Gasteiger partial charge on any atom is -0.339 e. The van der Waals surface area contributed by atoms with Crippen LogP contribution in [0.5, 0.6) is 0 Å². The highest BCUT2D eigenvalue weighted by Gasteiger charge is 2.48.